The molecule has 0 amide bonds. The summed E-state index contributed by atoms with van der Waals surface area (Å²) < 4.78 is 21.9. The number of hydrogen-bond acceptors (Lipinski definition) is 4. The van der Waals surface area contributed by atoms with Crippen molar-refractivity contribution in [2.24, 2.45) is 0 Å². The first-order chi connectivity index (χ1) is 7.13. The van der Waals surface area contributed by atoms with Gasteiger partial charge in [0.2, 0.25) is 5.75 Å². The van der Waals surface area contributed by atoms with Gasteiger partial charge in [0, 0.05) is 0 Å². The fraction of sp³-hybridized carbons (Fsp3) is 0.100. The molecular formula is C10H7FO4. The minimum absolute atomic E-state index is 0.149. The summed E-state index contributed by atoms with van der Waals surface area (Å²) in [5.41, 5.74) is 0.402. The van der Waals surface area contributed by atoms with Crippen molar-refractivity contribution in [2.75, 3.05) is 7.11 Å². The van der Waals surface area contributed by atoms with Crippen molar-refractivity contribution in [3.63, 3.8) is 0 Å². The van der Waals surface area contributed by atoms with E-state index in [0.29, 0.717) is 0 Å². The molecule has 0 aliphatic rings. The average Bonchev–Trinajstić information content (AvgIpc) is 2.54. The van der Waals surface area contributed by atoms with Crippen molar-refractivity contribution in [2.45, 2.75) is 0 Å². The smallest absolute Gasteiger partial charge is 0.337 e. The molecule has 15 heavy (non-hydrogen) atoms. The van der Waals surface area contributed by atoms with Gasteiger partial charge in [-0.1, -0.05) is 0 Å². The first kappa shape index (κ1) is 9.51. The Kier molecular flexibility index (Phi) is 2.07. The van der Waals surface area contributed by atoms with Crippen molar-refractivity contribution >= 4 is 16.9 Å². The Balaban J connectivity index is 2.64. The number of hydrogen-bond donors (Lipinski definition) is 1. The summed E-state index contributed by atoms with van der Waals surface area (Å²) >= 11 is 0. The third kappa shape index (κ3) is 1.41. The lowest BCUT2D eigenvalue weighted by atomic mass is 10.1. The molecule has 0 bridgehead atoms. The molecule has 5 heteroatoms. The number of fused-ring (bicyclic) bond motifs is 1. The van der Waals surface area contributed by atoms with Crippen LogP contribution in [0.25, 0.3) is 11.0 Å². The molecule has 0 saturated carbocycles. The van der Waals surface area contributed by atoms with E-state index in [9.17, 15) is 14.3 Å². The van der Waals surface area contributed by atoms with E-state index in [-0.39, 0.29) is 16.5 Å². The zero-order valence-electron chi connectivity index (χ0n) is 7.78. The summed E-state index contributed by atoms with van der Waals surface area (Å²) in [6.07, 6.45) is 0. The van der Waals surface area contributed by atoms with Gasteiger partial charge in [-0.25, -0.2) is 4.79 Å². The number of rotatable bonds is 1. The average molecular weight is 210 g/mol. The van der Waals surface area contributed by atoms with Crippen molar-refractivity contribution < 1.29 is 23.4 Å². The number of aromatic hydroxyl groups is 1. The molecule has 1 N–H and O–H groups in total. The number of furan rings is 1. The zero-order chi connectivity index (χ0) is 11.0. The molecule has 4 nitrogen and oxygen atoms in total. The van der Waals surface area contributed by atoms with Crippen LogP contribution in [0, 0.1) is 6.01 Å². The Hall–Kier alpha value is -2.04. The van der Waals surface area contributed by atoms with Crippen LogP contribution in [0.4, 0.5) is 4.39 Å². The Morgan fingerprint density at radius 2 is 2.27 bits per heavy atom. The lowest BCUT2D eigenvalue weighted by Crippen LogP contribution is -1.99. The molecule has 0 radical (unpaired) electrons. The Morgan fingerprint density at radius 1 is 1.53 bits per heavy atom. The summed E-state index contributed by atoms with van der Waals surface area (Å²) in [6.45, 7) is 0. The molecular weight excluding hydrogens is 203 g/mol. The van der Waals surface area contributed by atoms with Gasteiger partial charge in [-0.05, 0) is 18.2 Å². The van der Waals surface area contributed by atoms with Gasteiger partial charge in [0.25, 0.3) is 0 Å². The third-order valence-electron chi connectivity index (χ3n) is 2.04. The number of halogens is 1. The number of esters is 1. The predicted molar refractivity (Wildman–Crippen MR) is 49.2 cm³/mol. The highest BCUT2D eigenvalue weighted by Gasteiger charge is 2.15. The van der Waals surface area contributed by atoms with Crippen LogP contribution in [0.15, 0.2) is 22.6 Å². The van der Waals surface area contributed by atoms with Crippen LogP contribution in [-0.2, 0) is 4.74 Å². The van der Waals surface area contributed by atoms with Crippen LogP contribution in [0.1, 0.15) is 10.4 Å². The van der Waals surface area contributed by atoms with Crippen LogP contribution in [-0.4, -0.2) is 18.2 Å². The molecule has 0 saturated heterocycles. The second kappa shape index (κ2) is 3.27. The first-order valence-corrected chi connectivity index (χ1v) is 4.13. The van der Waals surface area contributed by atoms with Gasteiger partial charge in [-0.15, -0.1) is 0 Å². The van der Waals surface area contributed by atoms with Crippen LogP contribution in [0.5, 0.6) is 5.75 Å². The molecule has 0 spiro atoms. The summed E-state index contributed by atoms with van der Waals surface area (Å²) in [5, 5.41) is 9.40. The quantitative estimate of drug-likeness (QED) is 0.732. The van der Waals surface area contributed by atoms with E-state index in [1.807, 2.05) is 0 Å². The van der Waals surface area contributed by atoms with Crippen LogP contribution >= 0.6 is 0 Å². The van der Waals surface area contributed by atoms with Crippen molar-refractivity contribution in [1.29, 1.82) is 0 Å². The minimum Gasteiger partial charge on any atom is -0.502 e. The highest BCUT2D eigenvalue weighted by atomic mass is 19.1. The van der Waals surface area contributed by atoms with E-state index in [1.54, 1.807) is 0 Å². The van der Waals surface area contributed by atoms with E-state index < -0.39 is 17.7 Å². The van der Waals surface area contributed by atoms with E-state index in [2.05, 4.69) is 9.15 Å². The predicted octanol–water partition coefficient (Wildman–Crippen LogP) is 2.06. The normalized spacial score (nSPS) is 10.5. The fourth-order valence-electron chi connectivity index (χ4n) is 1.30. The SMILES string of the molecule is COC(=O)c1ccc2oc(F)c(O)c2c1. The summed E-state index contributed by atoms with van der Waals surface area (Å²) in [6, 6.07) is 3.07. The number of ether oxygens (including phenoxy) is 1. The molecule has 0 fully saturated rings. The standard InChI is InChI=1S/C10H7FO4/c1-14-10(13)5-2-3-7-6(4-5)8(12)9(11)15-7/h2-4,12H,1H3. The Labute approximate surface area is 83.9 Å². The maximum atomic E-state index is 12.8. The highest BCUT2D eigenvalue weighted by Crippen LogP contribution is 2.31. The van der Waals surface area contributed by atoms with Crippen LogP contribution < -0.4 is 0 Å². The lowest BCUT2D eigenvalue weighted by Gasteiger charge is -1.97. The second-order valence-corrected chi connectivity index (χ2v) is 2.93. The number of carbonyl (C=O) groups excluding carboxylic acids is 1. The fourth-order valence-corrected chi connectivity index (χ4v) is 1.30. The highest BCUT2D eigenvalue weighted by molar-refractivity contribution is 5.95. The lowest BCUT2D eigenvalue weighted by molar-refractivity contribution is 0.0601. The van der Waals surface area contributed by atoms with E-state index in [1.165, 1.54) is 25.3 Å². The van der Waals surface area contributed by atoms with Crippen molar-refractivity contribution in [3.05, 3.63) is 29.8 Å². The van der Waals surface area contributed by atoms with E-state index >= 15 is 0 Å². The van der Waals surface area contributed by atoms with Gasteiger partial charge in [0.1, 0.15) is 5.58 Å². The Bertz CT molecular complexity index is 529. The van der Waals surface area contributed by atoms with Gasteiger partial charge in [-0.3, -0.25) is 0 Å². The number of benzene rings is 1. The Morgan fingerprint density at radius 3 is 2.93 bits per heavy atom. The molecule has 0 aliphatic carbocycles. The maximum Gasteiger partial charge on any atom is 0.337 e. The summed E-state index contributed by atoms with van der Waals surface area (Å²) in [4.78, 5) is 11.1. The van der Waals surface area contributed by atoms with Gasteiger partial charge >= 0.3 is 12.0 Å². The molecule has 0 unspecified atom stereocenters. The number of methoxy groups -OCH3 is 1. The van der Waals surface area contributed by atoms with Crippen molar-refractivity contribution in [3.8, 4) is 5.75 Å². The topological polar surface area (TPSA) is 59.7 Å². The summed E-state index contributed by atoms with van der Waals surface area (Å²) in [7, 11) is 1.24. The van der Waals surface area contributed by atoms with Crippen LogP contribution in [0.3, 0.4) is 0 Å². The van der Waals surface area contributed by atoms with E-state index in [0.717, 1.165) is 0 Å². The van der Waals surface area contributed by atoms with Crippen molar-refractivity contribution in [1.82, 2.24) is 0 Å². The molecule has 1 heterocycles. The molecule has 1 aromatic heterocycles. The van der Waals surface area contributed by atoms with Gasteiger partial charge < -0.3 is 14.3 Å². The van der Waals surface area contributed by atoms with Gasteiger partial charge in [-0.2, -0.15) is 4.39 Å². The molecule has 1 aromatic carbocycles. The van der Waals surface area contributed by atoms with Gasteiger partial charge in [0.15, 0.2) is 0 Å². The molecule has 0 atom stereocenters. The van der Waals surface area contributed by atoms with Crippen LogP contribution in [0.2, 0.25) is 0 Å². The molecule has 2 aromatic rings. The first-order valence-electron chi connectivity index (χ1n) is 4.13. The molecule has 2 rings (SSSR count). The maximum absolute atomic E-state index is 12.8. The molecule has 78 valence electrons. The third-order valence-corrected chi connectivity index (χ3v) is 2.04. The summed E-state index contributed by atoms with van der Waals surface area (Å²) in [5.74, 6) is -1.16. The number of carbonyl (C=O) groups is 1. The minimum atomic E-state index is -1.06. The largest absolute Gasteiger partial charge is 0.502 e. The van der Waals surface area contributed by atoms with E-state index in [4.69, 9.17) is 0 Å². The second-order valence-electron chi connectivity index (χ2n) is 2.93. The zero-order valence-corrected chi connectivity index (χ0v) is 7.78. The van der Waals surface area contributed by atoms with Gasteiger partial charge in [0.05, 0.1) is 18.1 Å². The molecule has 0 aliphatic heterocycles. The monoisotopic (exact) mass is 210 g/mol.